The van der Waals surface area contributed by atoms with Gasteiger partial charge in [0.25, 0.3) is 0 Å². The number of rotatable bonds is 6. The van der Waals surface area contributed by atoms with Crippen LogP contribution < -0.4 is 5.32 Å². The predicted octanol–water partition coefficient (Wildman–Crippen LogP) is 4.09. The molecule has 1 saturated heterocycles. The topological polar surface area (TPSA) is 75.7 Å². The normalized spacial score (nSPS) is 20.4. The van der Waals surface area contributed by atoms with Gasteiger partial charge in [0, 0.05) is 18.7 Å². The highest BCUT2D eigenvalue weighted by atomic mass is 35.5. The number of carbonyl (C=O) groups is 1. The number of carbonyl (C=O) groups excluding carboxylic acids is 1. The van der Waals surface area contributed by atoms with Crippen molar-refractivity contribution < 1.29 is 17.9 Å². The van der Waals surface area contributed by atoms with E-state index in [1.165, 1.54) is 16.4 Å². The molecule has 3 rings (SSSR count). The van der Waals surface area contributed by atoms with E-state index in [0.29, 0.717) is 15.7 Å². The van der Waals surface area contributed by atoms with E-state index in [1.807, 2.05) is 13.8 Å². The molecule has 29 heavy (non-hydrogen) atoms. The van der Waals surface area contributed by atoms with E-state index in [-0.39, 0.29) is 48.1 Å². The highest BCUT2D eigenvalue weighted by molar-refractivity contribution is 7.89. The molecule has 0 amide bonds. The fraction of sp³-hybridized carbons (Fsp3) is 0.350. The minimum atomic E-state index is -3.73. The second-order valence-corrected chi connectivity index (χ2v) is 9.73. The summed E-state index contributed by atoms with van der Waals surface area (Å²) in [5.41, 5.74) is 0.750. The molecular weight excluding hydrogens is 435 g/mol. The lowest BCUT2D eigenvalue weighted by Gasteiger charge is -2.34. The van der Waals surface area contributed by atoms with Crippen molar-refractivity contribution in [3.8, 4) is 0 Å². The van der Waals surface area contributed by atoms with Crippen LogP contribution in [0, 0.1) is 0 Å². The number of Topliss-reactive ketones (excluding diaryl/α,β-unsaturated/α-hetero) is 1. The first-order valence-electron chi connectivity index (χ1n) is 9.15. The first kappa shape index (κ1) is 22.1. The van der Waals surface area contributed by atoms with Gasteiger partial charge in [0.2, 0.25) is 10.0 Å². The number of sulfonamides is 1. The molecule has 1 aliphatic rings. The molecule has 156 valence electrons. The Bertz CT molecular complexity index is 983. The maximum atomic E-state index is 13.0. The third-order valence-corrected chi connectivity index (χ3v) is 7.03. The van der Waals surface area contributed by atoms with Gasteiger partial charge in [0.15, 0.2) is 5.78 Å². The Hall–Kier alpha value is -1.64. The van der Waals surface area contributed by atoms with Crippen LogP contribution in [0.25, 0.3) is 0 Å². The number of ether oxygens (including phenoxy) is 1. The van der Waals surface area contributed by atoms with Crippen LogP contribution in [0.15, 0.2) is 47.4 Å². The first-order chi connectivity index (χ1) is 13.7. The van der Waals surface area contributed by atoms with Crippen LogP contribution in [0.5, 0.6) is 0 Å². The number of para-hydroxylation sites is 1. The van der Waals surface area contributed by atoms with E-state index in [0.717, 1.165) is 0 Å². The summed E-state index contributed by atoms with van der Waals surface area (Å²) in [6.07, 6.45) is -0.384. The first-order valence-corrected chi connectivity index (χ1v) is 11.3. The molecule has 2 unspecified atom stereocenters. The zero-order valence-electron chi connectivity index (χ0n) is 16.1. The summed E-state index contributed by atoms with van der Waals surface area (Å²) in [5.74, 6) is -0.276. The number of nitrogens with one attached hydrogen (secondary N) is 1. The number of hydrogen-bond acceptors (Lipinski definition) is 5. The fourth-order valence-corrected chi connectivity index (χ4v) is 5.41. The summed E-state index contributed by atoms with van der Waals surface area (Å²) in [7, 11) is -3.73. The van der Waals surface area contributed by atoms with Crippen molar-refractivity contribution in [1.29, 1.82) is 0 Å². The summed E-state index contributed by atoms with van der Waals surface area (Å²) in [4.78, 5) is 12.7. The lowest BCUT2D eigenvalue weighted by molar-refractivity contribution is -0.0440. The van der Waals surface area contributed by atoms with Gasteiger partial charge in [-0.25, -0.2) is 8.42 Å². The third kappa shape index (κ3) is 5.10. The lowest BCUT2D eigenvalue weighted by Crippen LogP contribution is -2.48. The summed E-state index contributed by atoms with van der Waals surface area (Å²) in [5, 5.41) is 3.72. The van der Waals surface area contributed by atoms with E-state index in [1.54, 1.807) is 30.3 Å². The minimum Gasteiger partial charge on any atom is -0.375 e. The summed E-state index contributed by atoms with van der Waals surface area (Å²) >= 11 is 12.2. The molecule has 1 heterocycles. The number of benzene rings is 2. The Morgan fingerprint density at radius 2 is 1.69 bits per heavy atom. The third-order valence-electron chi connectivity index (χ3n) is 4.57. The molecule has 6 nitrogen and oxygen atoms in total. The van der Waals surface area contributed by atoms with Gasteiger partial charge in [-0.05, 0) is 38.1 Å². The quantitative estimate of drug-likeness (QED) is 0.662. The van der Waals surface area contributed by atoms with Gasteiger partial charge in [-0.15, -0.1) is 0 Å². The Balaban J connectivity index is 1.77. The zero-order valence-corrected chi connectivity index (χ0v) is 18.4. The monoisotopic (exact) mass is 456 g/mol. The maximum absolute atomic E-state index is 13.0. The number of halogens is 2. The smallest absolute Gasteiger partial charge is 0.243 e. The van der Waals surface area contributed by atoms with Crippen LogP contribution >= 0.6 is 23.2 Å². The van der Waals surface area contributed by atoms with Crippen molar-refractivity contribution in [3.63, 3.8) is 0 Å². The van der Waals surface area contributed by atoms with Gasteiger partial charge in [0.05, 0.1) is 39.4 Å². The largest absolute Gasteiger partial charge is 0.375 e. The highest BCUT2D eigenvalue weighted by Gasteiger charge is 2.32. The van der Waals surface area contributed by atoms with Gasteiger partial charge >= 0.3 is 0 Å². The molecule has 1 aliphatic heterocycles. The van der Waals surface area contributed by atoms with Crippen LogP contribution in [0.1, 0.15) is 24.2 Å². The van der Waals surface area contributed by atoms with Crippen molar-refractivity contribution in [2.45, 2.75) is 31.0 Å². The van der Waals surface area contributed by atoms with Crippen molar-refractivity contribution in [2.24, 2.45) is 0 Å². The SMILES string of the molecule is CC1CN(S(=O)(=O)c2cccc(C(=O)CNc3c(Cl)cccc3Cl)c2)CC(C)O1. The van der Waals surface area contributed by atoms with Crippen LogP contribution in [-0.2, 0) is 14.8 Å². The number of morpholine rings is 1. The molecule has 0 saturated carbocycles. The number of ketones is 1. The lowest BCUT2D eigenvalue weighted by atomic mass is 10.1. The van der Waals surface area contributed by atoms with Crippen molar-refractivity contribution >= 4 is 44.7 Å². The van der Waals surface area contributed by atoms with Crippen molar-refractivity contribution in [1.82, 2.24) is 4.31 Å². The van der Waals surface area contributed by atoms with Gasteiger partial charge in [-0.3, -0.25) is 4.79 Å². The van der Waals surface area contributed by atoms with E-state index in [4.69, 9.17) is 27.9 Å². The molecule has 0 aromatic heterocycles. The van der Waals surface area contributed by atoms with E-state index < -0.39 is 10.0 Å². The Labute approximate surface area is 180 Å². The second-order valence-electron chi connectivity index (χ2n) is 6.98. The molecule has 0 radical (unpaired) electrons. The van der Waals surface area contributed by atoms with Crippen LogP contribution in [0.4, 0.5) is 5.69 Å². The molecule has 0 aliphatic carbocycles. The van der Waals surface area contributed by atoms with Gasteiger partial charge < -0.3 is 10.1 Å². The zero-order chi connectivity index (χ0) is 21.2. The average molecular weight is 457 g/mol. The molecule has 1 fully saturated rings. The van der Waals surface area contributed by atoms with Gasteiger partial charge in [-0.2, -0.15) is 4.31 Å². The molecule has 2 atom stereocenters. The summed E-state index contributed by atoms with van der Waals surface area (Å²) in [6, 6.07) is 11.1. The Kier molecular flexibility index (Phi) is 6.86. The van der Waals surface area contributed by atoms with Crippen molar-refractivity contribution in [3.05, 3.63) is 58.1 Å². The maximum Gasteiger partial charge on any atom is 0.243 e. The van der Waals surface area contributed by atoms with Crippen molar-refractivity contribution in [2.75, 3.05) is 25.0 Å². The van der Waals surface area contributed by atoms with Gasteiger partial charge in [-0.1, -0.05) is 41.4 Å². The standard InChI is InChI=1S/C20H22Cl2N2O4S/c1-13-11-24(12-14(2)28-13)29(26,27)16-6-3-5-15(9-16)19(25)10-23-20-17(21)7-4-8-18(20)22/h3-9,13-14,23H,10-12H2,1-2H3. The van der Waals surface area contributed by atoms with Crippen LogP contribution in [0.2, 0.25) is 10.0 Å². The molecule has 0 spiro atoms. The fourth-order valence-electron chi connectivity index (χ4n) is 3.24. The Morgan fingerprint density at radius 1 is 1.10 bits per heavy atom. The molecule has 9 heteroatoms. The highest BCUT2D eigenvalue weighted by Crippen LogP contribution is 2.29. The average Bonchev–Trinajstić information content (AvgIpc) is 2.67. The van der Waals surface area contributed by atoms with E-state index in [2.05, 4.69) is 5.32 Å². The number of hydrogen-bond donors (Lipinski definition) is 1. The molecule has 2 aromatic carbocycles. The summed E-state index contributed by atoms with van der Waals surface area (Å²) < 4.78 is 33.1. The van der Waals surface area contributed by atoms with Crippen LogP contribution in [-0.4, -0.2) is 50.3 Å². The van der Waals surface area contributed by atoms with E-state index >= 15 is 0 Å². The van der Waals surface area contributed by atoms with Crippen LogP contribution in [0.3, 0.4) is 0 Å². The van der Waals surface area contributed by atoms with E-state index in [9.17, 15) is 13.2 Å². The minimum absolute atomic E-state index is 0.0709. The second kappa shape index (κ2) is 9.02. The molecular formula is C20H22Cl2N2O4S. The number of nitrogens with zero attached hydrogens (tertiary/aromatic N) is 1. The summed E-state index contributed by atoms with van der Waals surface area (Å²) in [6.45, 7) is 4.15. The Morgan fingerprint density at radius 3 is 2.31 bits per heavy atom. The molecule has 2 aromatic rings. The number of anilines is 1. The molecule has 0 bridgehead atoms. The molecule has 1 N–H and O–H groups in total. The van der Waals surface area contributed by atoms with Gasteiger partial charge in [0.1, 0.15) is 0 Å². The predicted molar refractivity (Wildman–Crippen MR) is 114 cm³/mol.